The zero-order chi connectivity index (χ0) is 47.4. The average Bonchev–Trinajstić information content (AvgIpc) is 3.82. The highest BCUT2D eigenvalue weighted by atomic mass is 35.5. The molecule has 8 rings (SSSR count). The Morgan fingerprint density at radius 3 is 1.45 bits per heavy atom. The predicted molar refractivity (Wildman–Crippen MR) is 276 cm³/mol. The highest BCUT2D eigenvalue weighted by Crippen LogP contribution is 2.31. The number of rotatable bonds is 16. The third-order valence-electron chi connectivity index (χ3n) is 13.0. The molecule has 2 aliphatic heterocycles. The highest BCUT2D eigenvalue weighted by Gasteiger charge is 2.24. The molecule has 4 fully saturated rings. The second-order valence-electron chi connectivity index (χ2n) is 17.6. The van der Waals surface area contributed by atoms with E-state index in [2.05, 4.69) is 75.2 Å². The summed E-state index contributed by atoms with van der Waals surface area (Å²) < 4.78 is 10.4. The number of hydrogen-bond acceptors (Lipinski definition) is 16. The lowest BCUT2D eigenvalue weighted by Crippen LogP contribution is -2.35. The van der Waals surface area contributed by atoms with Gasteiger partial charge in [-0.05, 0) is 126 Å². The van der Waals surface area contributed by atoms with Crippen LogP contribution in [0.15, 0.2) is 36.4 Å². The summed E-state index contributed by atoms with van der Waals surface area (Å²) in [6, 6.07) is 12.9. The molecule has 2 aromatic heterocycles. The molecule has 0 radical (unpaired) electrons. The van der Waals surface area contributed by atoms with Crippen molar-refractivity contribution < 1.29 is 9.47 Å². The molecule has 7 N–H and O–H groups in total. The van der Waals surface area contributed by atoms with E-state index in [-0.39, 0.29) is 5.28 Å². The standard InChI is InChI=1S/C24H36ClN7O.C17H21Cl2N5O.C7H16N2/c1-3-32-14-8-11-19(32)16-26-22-29-23(27-17-9-6-4-5-7-10-17)31-24(30-22)28-18-12-13-21(33-2)20(25)15-18;1-25-14-9-8-12(10-13(14)18)21-17-23-15(19)22-16(24-17)20-11-6-4-2-3-5-7-11;1-2-9-5-3-4-7(9)6-8/h12-13,15,17,19H,3-11,14,16H2,1-2H3,(H3,26,27,28,29,30,31);8-11H,2-7H2,1H3,(H2,20,21,22,23,24);7H,2-6,8H2,1H3. The molecule has 4 aromatic rings. The molecule has 0 amide bonds. The fourth-order valence-electron chi connectivity index (χ4n) is 9.34. The molecule has 19 heteroatoms. The molecule has 67 heavy (non-hydrogen) atoms. The minimum absolute atomic E-state index is 0.147. The van der Waals surface area contributed by atoms with Crippen LogP contribution in [0.5, 0.6) is 11.5 Å². The highest BCUT2D eigenvalue weighted by molar-refractivity contribution is 6.32. The number of likely N-dealkylation sites (N-methyl/N-ethyl adjacent to an activating group) is 2. The number of aromatic nitrogens is 6. The number of benzene rings is 2. The van der Waals surface area contributed by atoms with Crippen molar-refractivity contribution in [3.63, 3.8) is 0 Å². The molecule has 4 heterocycles. The maximum absolute atomic E-state index is 6.30. The maximum Gasteiger partial charge on any atom is 0.233 e. The molecule has 2 aromatic carbocycles. The fourth-order valence-corrected chi connectivity index (χ4v) is 10.0. The first-order valence-electron chi connectivity index (χ1n) is 24.5. The van der Waals surface area contributed by atoms with E-state index in [0.29, 0.717) is 75.5 Å². The number of ether oxygens (including phenoxy) is 2. The van der Waals surface area contributed by atoms with E-state index in [0.717, 1.165) is 56.7 Å². The SMILES string of the molecule is CCN1CCCC1CN.CCN1CCCC1CNc1nc(Nc2ccc(OC)c(Cl)c2)nc(NC2CCCCCC2)n1.COc1ccc(Nc2nc(Cl)nc(NC3CCCCCC3)n2)cc1Cl. The minimum Gasteiger partial charge on any atom is -0.495 e. The Kier molecular flexibility index (Phi) is 21.6. The van der Waals surface area contributed by atoms with Gasteiger partial charge in [0.2, 0.25) is 35.0 Å². The van der Waals surface area contributed by atoms with Crippen LogP contribution < -0.4 is 41.8 Å². The molecule has 2 atom stereocenters. The van der Waals surface area contributed by atoms with Crippen molar-refractivity contribution in [1.82, 2.24) is 39.7 Å². The van der Waals surface area contributed by atoms with E-state index < -0.39 is 0 Å². The Labute approximate surface area is 413 Å². The molecule has 2 unspecified atom stereocenters. The second kappa shape index (κ2) is 27.7. The topological polar surface area (TPSA) is 188 Å². The molecule has 2 saturated carbocycles. The summed E-state index contributed by atoms with van der Waals surface area (Å²) in [5.41, 5.74) is 7.10. The zero-order valence-electron chi connectivity index (χ0n) is 39.9. The van der Waals surface area contributed by atoms with E-state index in [1.54, 1.807) is 26.4 Å². The van der Waals surface area contributed by atoms with Gasteiger partial charge in [0, 0.05) is 48.6 Å². The van der Waals surface area contributed by atoms with Crippen molar-refractivity contribution in [2.24, 2.45) is 5.73 Å². The van der Waals surface area contributed by atoms with Gasteiger partial charge in [-0.25, -0.2) is 0 Å². The summed E-state index contributed by atoms with van der Waals surface area (Å²) in [4.78, 5) is 31.7. The number of likely N-dealkylation sites (tertiary alicyclic amines) is 2. The minimum atomic E-state index is 0.147. The first kappa shape index (κ1) is 52.2. The fraction of sp³-hybridized carbons (Fsp3) is 0.625. The molecule has 16 nitrogen and oxygen atoms in total. The molecule has 2 saturated heterocycles. The summed E-state index contributed by atoms with van der Waals surface area (Å²) in [5.74, 6) is 3.80. The lowest BCUT2D eigenvalue weighted by atomic mass is 10.1. The van der Waals surface area contributed by atoms with Gasteiger partial charge in [-0.15, -0.1) is 0 Å². The van der Waals surface area contributed by atoms with Gasteiger partial charge in [-0.3, -0.25) is 9.80 Å². The van der Waals surface area contributed by atoms with Crippen LogP contribution in [0.3, 0.4) is 0 Å². The number of hydrogen-bond donors (Lipinski definition) is 6. The normalized spacial score (nSPS) is 19.5. The Bertz CT molecular complexity index is 2080. The summed E-state index contributed by atoms with van der Waals surface area (Å²) in [5, 5.41) is 18.0. The van der Waals surface area contributed by atoms with Crippen LogP contribution in [-0.4, -0.2) is 117 Å². The average molecular weight is 985 g/mol. The first-order chi connectivity index (χ1) is 32.7. The number of methoxy groups -OCH3 is 2. The summed E-state index contributed by atoms with van der Waals surface area (Å²) in [6.07, 6.45) is 19.8. The van der Waals surface area contributed by atoms with E-state index in [1.807, 2.05) is 24.3 Å². The quantitative estimate of drug-likeness (QED) is 0.0581. The molecular weight excluding hydrogens is 911 g/mol. The van der Waals surface area contributed by atoms with E-state index >= 15 is 0 Å². The monoisotopic (exact) mass is 983 g/mol. The van der Waals surface area contributed by atoms with Crippen LogP contribution in [0.1, 0.15) is 117 Å². The van der Waals surface area contributed by atoms with Gasteiger partial charge in [0.15, 0.2) is 0 Å². The van der Waals surface area contributed by atoms with Gasteiger partial charge < -0.3 is 41.8 Å². The van der Waals surface area contributed by atoms with Gasteiger partial charge in [-0.1, -0.05) is 88.4 Å². The van der Waals surface area contributed by atoms with Crippen LogP contribution in [0.4, 0.5) is 41.1 Å². The van der Waals surface area contributed by atoms with Gasteiger partial charge >= 0.3 is 0 Å². The lowest BCUT2D eigenvalue weighted by Gasteiger charge is -2.23. The van der Waals surface area contributed by atoms with Gasteiger partial charge in [0.1, 0.15) is 11.5 Å². The molecule has 4 aliphatic rings. The Morgan fingerprint density at radius 2 is 0.985 bits per heavy atom. The van der Waals surface area contributed by atoms with Crippen molar-refractivity contribution in [1.29, 1.82) is 0 Å². The van der Waals surface area contributed by atoms with Crippen molar-refractivity contribution in [3.05, 3.63) is 51.7 Å². The third kappa shape index (κ3) is 16.8. The van der Waals surface area contributed by atoms with Gasteiger partial charge in [0.25, 0.3) is 0 Å². The van der Waals surface area contributed by atoms with Gasteiger partial charge in [0.05, 0.1) is 24.3 Å². The van der Waals surface area contributed by atoms with Crippen LogP contribution >= 0.6 is 34.8 Å². The third-order valence-corrected chi connectivity index (χ3v) is 13.8. The lowest BCUT2D eigenvalue weighted by molar-refractivity contribution is 0.272. The summed E-state index contributed by atoms with van der Waals surface area (Å²) >= 11 is 18.5. The van der Waals surface area contributed by atoms with Crippen LogP contribution in [0.25, 0.3) is 0 Å². The molecular formula is C48H73Cl3N14O2. The number of halogens is 3. The smallest absolute Gasteiger partial charge is 0.233 e. The Hall–Kier alpha value is -4.19. The number of nitrogens with zero attached hydrogens (tertiary/aromatic N) is 8. The molecule has 0 spiro atoms. The largest absolute Gasteiger partial charge is 0.495 e. The molecule has 0 bridgehead atoms. The van der Waals surface area contributed by atoms with Crippen LogP contribution in [-0.2, 0) is 0 Å². The van der Waals surface area contributed by atoms with Crippen molar-refractivity contribution >= 4 is 75.9 Å². The van der Waals surface area contributed by atoms with Crippen LogP contribution in [0, 0.1) is 0 Å². The van der Waals surface area contributed by atoms with Crippen molar-refractivity contribution in [3.8, 4) is 11.5 Å². The second-order valence-corrected chi connectivity index (χ2v) is 18.8. The maximum atomic E-state index is 6.30. The summed E-state index contributed by atoms with van der Waals surface area (Å²) in [7, 11) is 3.18. The van der Waals surface area contributed by atoms with Crippen LogP contribution in [0.2, 0.25) is 15.3 Å². The Morgan fingerprint density at radius 1 is 0.552 bits per heavy atom. The summed E-state index contributed by atoms with van der Waals surface area (Å²) in [6.45, 7) is 10.8. The Balaban J connectivity index is 0.000000191. The van der Waals surface area contributed by atoms with Crippen molar-refractivity contribution in [2.45, 2.75) is 141 Å². The van der Waals surface area contributed by atoms with E-state index in [1.165, 1.54) is 96.7 Å². The van der Waals surface area contributed by atoms with Crippen molar-refractivity contribution in [2.75, 3.05) is 80.1 Å². The van der Waals surface area contributed by atoms with E-state index in [4.69, 9.17) is 55.0 Å². The van der Waals surface area contributed by atoms with E-state index in [9.17, 15) is 0 Å². The first-order valence-corrected chi connectivity index (χ1v) is 25.6. The molecule has 368 valence electrons. The number of nitrogens with one attached hydrogen (secondary N) is 5. The zero-order valence-corrected chi connectivity index (χ0v) is 42.2. The van der Waals surface area contributed by atoms with Gasteiger partial charge in [-0.2, -0.15) is 29.9 Å². The number of anilines is 7. The predicted octanol–water partition coefficient (Wildman–Crippen LogP) is 10.8. The molecule has 2 aliphatic carbocycles. The number of nitrogens with two attached hydrogens (primary N) is 1.